The average Bonchev–Trinajstić information content (AvgIpc) is 2.91. The van der Waals surface area contributed by atoms with E-state index in [1.807, 2.05) is 0 Å². The van der Waals surface area contributed by atoms with Gasteiger partial charge in [-0.25, -0.2) is 9.79 Å². The summed E-state index contributed by atoms with van der Waals surface area (Å²) in [6, 6.07) is 10.2. The Hall–Kier alpha value is -3.44. The highest BCUT2D eigenvalue weighted by Crippen LogP contribution is 2.20. The van der Waals surface area contributed by atoms with Gasteiger partial charge < -0.3 is 4.74 Å². The molecule has 1 aliphatic heterocycles. The number of esters is 1. The third-order valence-electron chi connectivity index (χ3n) is 2.89. The van der Waals surface area contributed by atoms with Crippen LogP contribution in [0.4, 0.5) is 5.69 Å². The summed E-state index contributed by atoms with van der Waals surface area (Å²) in [5, 5.41) is 3.48. The van der Waals surface area contributed by atoms with E-state index >= 15 is 0 Å². The number of aliphatic imine (C=N–C) groups is 1. The fourth-order valence-corrected chi connectivity index (χ4v) is 1.87. The van der Waals surface area contributed by atoms with E-state index in [1.54, 1.807) is 54.9 Å². The smallest absolute Gasteiger partial charge is 0.363 e. The lowest BCUT2D eigenvalue weighted by Gasteiger charge is -1.96. The molecule has 106 valence electrons. The Balaban J connectivity index is 1.89. The molecule has 1 aliphatic rings. The first kappa shape index (κ1) is 13.5. The standard InChI is InChI=1S/C15H9N5O2/c16-20-19-12-5-3-10(4-6-12)8-13-15(21)22-14(18-13)11-2-1-7-17-9-11/h1-9H. The molecule has 0 atom stereocenters. The molecular formula is C15H9N5O2. The van der Waals surface area contributed by atoms with E-state index in [0.29, 0.717) is 11.3 Å². The summed E-state index contributed by atoms with van der Waals surface area (Å²) in [5.74, 6) is -0.284. The molecule has 0 fully saturated rings. The van der Waals surface area contributed by atoms with Gasteiger partial charge >= 0.3 is 5.97 Å². The number of hydrogen-bond acceptors (Lipinski definition) is 5. The molecule has 3 rings (SSSR count). The Morgan fingerprint density at radius 1 is 1.23 bits per heavy atom. The maximum absolute atomic E-state index is 11.8. The first-order chi connectivity index (χ1) is 10.8. The van der Waals surface area contributed by atoms with Crippen molar-refractivity contribution in [1.29, 1.82) is 0 Å². The van der Waals surface area contributed by atoms with E-state index in [9.17, 15) is 4.79 Å². The number of ether oxygens (including phenoxy) is 1. The van der Waals surface area contributed by atoms with Crippen LogP contribution in [-0.2, 0) is 9.53 Å². The molecule has 7 nitrogen and oxygen atoms in total. The van der Waals surface area contributed by atoms with Crippen molar-refractivity contribution in [1.82, 2.24) is 4.98 Å². The Bertz CT molecular complexity index is 819. The van der Waals surface area contributed by atoms with Gasteiger partial charge in [-0.05, 0) is 29.3 Å². The van der Waals surface area contributed by atoms with Crippen molar-refractivity contribution in [2.75, 3.05) is 0 Å². The molecule has 2 heterocycles. The van der Waals surface area contributed by atoms with E-state index in [2.05, 4.69) is 20.0 Å². The van der Waals surface area contributed by atoms with Gasteiger partial charge in [-0.2, -0.15) is 0 Å². The predicted octanol–water partition coefficient (Wildman–Crippen LogP) is 3.37. The van der Waals surface area contributed by atoms with Crippen molar-refractivity contribution >= 4 is 23.6 Å². The lowest BCUT2D eigenvalue weighted by Crippen LogP contribution is -2.05. The molecule has 0 saturated heterocycles. The Kier molecular flexibility index (Phi) is 3.63. The van der Waals surface area contributed by atoms with Gasteiger partial charge in [0.1, 0.15) is 0 Å². The highest BCUT2D eigenvalue weighted by Gasteiger charge is 2.24. The number of carbonyl (C=O) groups excluding carboxylic acids is 1. The molecule has 0 unspecified atom stereocenters. The summed E-state index contributed by atoms with van der Waals surface area (Å²) in [6.45, 7) is 0. The normalized spacial score (nSPS) is 15.2. The molecule has 0 spiro atoms. The Morgan fingerprint density at radius 2 is 2.05 bits per heavy atom. The van der Waals surface area contributed by atoms with Crippen LogP contribution in [0.1, 0.15) is 11.1 Å². The van der Waals surface area contributed by atoms with Gasteiger partial charge in [0.25, 0.3) is 0 Å². The average molecular weight is 291 g/mol. The van der Waals surface area contributed by atoms with Crippen molar-refractivity contribution in [2.24, 2.45) is 10.1 Å². The molecule has 0 aliphatic carbocycles. The van der Waals surface area contributed by atoms with Gasteiger partial charge in [-0.15, -0.1) is 0 Å². The maximum atomic E-state index is 11.8. The number of hydrogen-bond donors (Lipinski definition) is 0. The van der Waals surface area contributed by atoms with Crippen LogP contribution in [0.25, 0.3) is 16.5 Å². The first-order valence-electron chi connectivity index (χ1n) is 6.34. The van der Waals surface area contributed by atoms with Gasteiger partial charge in [-0.1, -0.05) is 29.4 Å². The lowest BCUT2D eigenvalue weighted by molar-refractivity contribution is -0.129. The fraction of sp³-hybridized carbons (Fsp3) is 0. The summed E-state index contributed by atoms with van der Waals surface area (Å²) in [4.78, 5) is 22.7. The van der Waals surface area contributed by atoms with Gasteiger partial charge in [0, 0.05) is 23.0 Å². The minimum absolute atomic E-state index is 0.204. The van der Waals surface area contributed by atoms with E-state index in [0.717, 1.165) is 5.56 Å². The van der Waals surface area contributed by atoms with E-state index in [4.69, 9.17) is 10.3 Å². The third kappa shape index (κ3) is 2.84. The number of carbonyl (C=O) groups is 1. The lowest BCUT2D eigenvalue weighted by atomic mass is 10.2. The van der Waals surface area contributed by atoms with Crippen molar-refractivity contribution in [2.45, 2.75) is 0 Å². The SMILES string of the molecule is [N-]=[N+]=Nc1ccc(C=C2N=C(c3cccnc3)OC2=O)cc1. The Morgan fingerprint density at radius 3 is 2.73 bits per heavy atom. The molecule has 22 heavy (non-hydrogen) atoms. The third-order valence-corrected chi connectivity index (χ3v) is 2.89. The topological polar surface area (TPSA) is 100 Å². The van der Waals surface area contributed by atoms with Gasteiger partial charge in [0.15, 0.2) is 5.70 Å². The van der Waals surface area contributed by atoms with Crippen LogP contribution >= 0.6 is 0 Å². The van der Waals surface area contributed by atoms with Crippen molar-refractivity contribution in [3.8, 4) is 0 Å². The minimum atomic E-state index is -0.516. The largest absolute Gasteiger partial charge is 0.402 e. The highest BCUT2D eigenvalue weighted by molar-refractivity contribution is 6.12. The number of nitrogens with zero attached hydrogens (tertiary/aromatic N) is 5. The molecule has 7 heteroatoms. The van der Waals surface area contributed by atoms with Crippen molar-refractivity contribution in [3.05, 3.63) is 76.1 Å². The fourth-order valence-electron chi connectivity index (χ4n) is 1.87. The van der Waals surface area contributed by atoms with Gasteiger partial charge in [0.05, 0.1) is 5.56 Å². The van der Waals surface area contributed by atoms with E-state index < -0.39 is 5.97 Å². The number of aromatic nitrogens is 1. The quantitative estimate of drug-likeness (QED) is 0.285. The summed E-state index contributed by atoms with van der Waals surface area (Å²) >= 11 is 0. The molecule has 0 radical (unpaired) electrons. The minimum Gasteiger partial charge on any atom is -0.402 e. The number of azide groups is 1. The number of rotatable bonds is 3. The van der Waals surface area contributed by atoms with Crippen molar-refractivity contribution in [3.63, 3.8) is 0 Å². The zero-order chi connectivity index (χ0) is 15.4. The molecule has 0 amide bonds. The van der Waals surface area contributed by atoms with E-state index in [1.165, 1.54) is 0 Å². The van der Waals surface area contributed by atoms with Crippen LogP contribution in [-0.4, -0.2) is 16.9 Å². The molecule has 1 aromatic carbocycles. The summed E-state index contributed by atoms with van der Waals surface area (Å²) in [7, 11) is 0. The molecule has 0 saturated carbocycles. The maximum Gasteiger partial charge on any atom is 0.363 e. The summed E-state index contributed by atoms with van der Waals surface area (Å²) in [6.07, 6.45) is 4.80. The predicted molar refractivity (Wildman–Crippen MR) is 80.1 cm³/mol. The van der Waals surface area contributed by atoms with Gasteiger partial charge in [0.2, 0.25) is 5.90 Å². The number of cyclic esters (lactones) is 1. The van der Waals surface area contributed by atoms with Crippen molar-refractivity contribution < 1.29 is 9.53 Å². The van der Waals surface area contributed by atoms with Gasteiger partial charge in [-0.3, -0.25) is 4.98 Å². The zero-order valence-corrected chi connectivity index (χ0v) is 11.2. The number of benzene rings is 1. The van der Waals surface area contributed by atoms with Crippen LogP contribution in [0.2, 0.25) is 0 Å². The van der Waals surface area contributed by atoms with Crippen LogP contribution in [0.15, 0.2) is 64.6 Å². The number of pyridine rings is 1. The highest BCUT2D eigenvalue weighted by atomic mass is 16.6. The zero-order valence-electron chi connectivity index (χ0n) is 11.2. The molecule has 2 aromatic rings. The van der Waals surface area contributed by atoms with E-state index in [-0.39, 0.29) is 11.6 Å². The summed E-state index contributed by atoms with van der Waals surface area (Å²) in [5.41, 5.74) is 10.4. The van der Waals surface area contributed by atoms with Crippen LogP contribution in [0.5, 0.6) is 0 Å². The molecular weight excluding hydrogens is 282 g/mol. The first-order valence-corrected chi connectivity index (χ1v) is 6.34. The van der Waals surface area contributed by atoms with Crippen LogP contribution in [0, 0.1) is 0 Å². The monoisotopic (exact) mass is 291 g/mol. The van der Waals surface area contributed by atoms with Crippen LogP contribution < -0.4 is 0 Å². The molecule has 0 N–H and O–H groups in total. The molecule has 0 bridgehead atoms. The van der Waals surface area contributed by atoms with Crippen LogP contribution in [0.3, 0.4) is 0 Å². The Labute approximate surface area is 125 Å². The second-order valence-electron chi connectivity index (χ2n) is 4.36. The second kappa shape index (κ2) is 5.90. The molecule has 1 aromatic heterocycles. The second-order valence-corrected chi connectivity index (χ2v) is 4.36. The summed E-state index contributed by atoms with van der Waals surface area (Å²) < 4.78 is 5.13.